The molecule has 0 heterocycles. The molecule has 0 radical (unpaired) electrons. The summed E-state index contributed by atoms with van der Waals surface area (Å²) in [5.41, 5.74) is 12.1. The topological polar surface area (TPSA) is 110 Å². The van der Waals surface area contributed by atoms with E-state index in [1.165, 1.54) is 6.07 Å². The van der Waals surface area contributed by atoms with E-state index in [-0.39, 0.29) is 18.7 Å². The van der Waals surface area contributed by atoms with Crippen molar-refractivity contribution >= 4 is 5.97 Å². The minimum absolute atomic E-state index is 0.00769. The highest BCUT2D eigenvalue weighted by Gasteiger charge is 2.10. The number of carboxylic acid groups (broad SMARTS) is 1. The molecule has 0 aliphatic rings. The molecule has 82 valence electrons. The minimum Gasteiger partial charge on any atom is -0.508 e. The average molecular weight is 210 g/mol. The standard InChI is InChI=1S/C10H14N2O3/c11-5-8(12)7-2-1-6(3-9(7)13)4-10(14)15/h1-3,8,13H,4-5,11-12H2,(H,14,15)/t8-/m1/s1. The summed E-state index contributed by atoms with van der Waals surface area (Å²) in [7, 11) is 0. The van der Waals surface area contributed by atoms with E-state index in [0.717, 1.165) is 0 Å². The predicted octanol–water partition coefficient (Wildman–Crippen LogP) is -0.0222. The van der Waals surface area contributed by atoms with Gasteiger partial charge in [-0.1, -0.05) is 12.1 Å². The van der Waals surface area contributed by atoms with Gasteiger partial charge in [-0.2, -0.15) is 0 Å². The summed E-state index contributed by atoms with van der Waals surface area (Å²) >= 11 is 0. The van der Waals surface area contributed by atoms with E-state index in [2.05, 4.69) is 0 Å². The van der Waals surface area contributed by atoms with Crippen LogP contribution in [0.4, 0.5) is 0 Å². The van der Waals surface area contributed by atoms with E-state index < -0.39 is 12.0 Å². The lowest BCUT2D eigenvalue weighted by atomic mass is 10.0. The average Bonchev–Trinajstić information content (AvgIpc) is 2.16. The number of phenolic OH excluding ortho intramolecular Hbond substituents is 1. The Kier molecular flexibility index (Phi) is 3.65. The Balaban J connectivity index is 2.92. The lowest BCUT2D eigenvalue weighted by Crippen LogP contribution is -2.20. The lowest BCUT2D eigenvalue weighted by molar-refractivity contribution is -0.136. The molecule has 1 aromatic rings. The predicted molar refractivity (Wildman–Crippen MR) is 55.4 cm³/mol. The molecule has 0 unspecified atom stereocenters. The van der Waals surface area contributed by atoms with Crippen molar-refractivity contribution in [3.8, 4) is 5.75 Å². The largest absolute Gasteiger partial charge is 0.508 e. The summed E-state index contributed by atoms with van der Waals surface area (Å²) in [6.07, 6.45) is -0.119. The van der Waals surface area contributed by atoms with Gasteiger partial charge in [0, 0.05) is 18.2 Å². The molecular formula is C10H14N2O3. The first-order chi connectivity index (χ1) is 7.04. The fourth-order valence-electron chi connectivity index (χ4n) is 1.31. The third-order valence-electron chi connectivity index (χ3n) is 2.10. The van der Waals surface area contributed by atoms with Crippen LogP contribution in [0.25, 0.3) is 0 Å². The highest BCUT2D eigenvalue weighted by atomic mass is 16.4. The van der Waals surface area contributed by atoms with Crippen LogP contribution in [0.1, 0.15) is 17.2 Å². The smallest absolute Gasteiger partial charge is 0.307 e. The lowest BCUT2D eigenvalue weighted by Gasteiger charge is -2.11. The van der Waals surface area contributed by atoms with Crippen molar-refractivity contribution in [1.82, 2.24) is 0 Å². The third-order valence-corrected chi connectivity index (χ3v) is 2.10. The Bertz CT molecular complexity index is 366. The van der Waals surface area contributed by atoms with Crippen molar-refractivity contribution in [2.75, 3.05) is 6.54 Å². The van der Waals surface area contributed by atoms with Gasteiger partial charge in [-0.3, -0.25) is 4.79 Å². The van der Waals surface area contributed by atoms with E-state index in [0.29, 0.717) is 11.1 Å². The summed E-state index contributed by atoms with van der Waals surface area (Å²) in [5, 5.41) is 18.1. The highest BCUT2D eigenvalue weighted by molar-refractivity contribution is 5.70. The quantitative estimate of drug-likeness (QED) is 0.558. The summed E-state index contributed by atoms with van der Waals surface area (Å²) in [4.78, 5) is 10.4. The maximum absolute atomic E-state index is 10.4. The highest BCUT2D eigenvalue weighted by Crippen LogP contribution is 2.23. The molecule has 5 nitrogen and oxygen atoms in total. The number of hydrogen-bond acceptors (Lipinski definition) is 4. The van der Waals surface area contributed by atoms with Gasteiger partial charge in [-0.25, -0.2) is 0 Å². The summed E-state index contributed by atoms with van der Waals surface area (Å²) in [5.74, 6) is -0.947. The fraction of sp³-hybridized carbons (Fsp3) is 0.300. The number of aliphatic carboxylic acids is 1. The van der Waals surface area contributed by atoms with Crippen molar-refractivity contribution in [2.24, 2.45) is 11.5 Å². The molecule has 0 fully saturated rings. The zero-order chi connectivity index (χ0) is 11.4. The summed E-state index contributed by atoms with van der Waals surface area (Å²) < 4.78 is 0. The van der Waals surface area contributed by atoms with Gasteiger partial charge in [0.25, 0.3) is 0 Å². The Morgan fingerprint density at radius 2 is 2.13 bits per heavy atom. The number of carboxylic acids is 1. The molecule has 0 aliphatic carbocycles. The van der Waals surface area contributed by atoms with Gasteiger partial charge in [-0.15, -0.1) is 0 Å². The van der Waals surface area contributed by atoms with Crippen molar-refractivity contribution in [1.29, 1.82) is 0 Å². The summed E-state index contributed by atoms with van der Waals surface area (Å²) in [6.45, 7) is 0.228. The van der Waals surface area contributed by atoms with Gasteiger partial charge in [0.15, 0.2) is 0 Å². The number of benzene rings is 1. The maximum atomic E-state index is 10.4. The van der Waals surface area contributed by atoms with E-state index in [1.54, 1.807) is 12.1 Å². The van der Waals surface area contributed by atoms with Gasteiger partial charge in [0.1, 0.15) is 5.75 Å². The molecule has 0 aromatic heterocycles. The van der Waals surface area contributed by atoms with Crippen LogP contribution < -0.4 is 11.5 Å². The van der Waals surface area contributed by atoms with Crippen LogP contribution in [0.3, 0.4) is 0 Å². The number of nitrogens with two attached hydrogens (primary N) is 2. The number of aromatic hydroxyl groups is 1. The van der Waals surface area contributed by atoms with Crippen LogP contribution in [0, 0.1) is 0 Å². The van der Waals surface area contributed by atoms with Crippen LogP contribution in [0.2, 0.25) is 0 Å². The maximum Gasteiger partial charge on any atom is 0.307 e. The van der Waals surface area contributed by atoms with E-state index in [9.17, 15) is 9.90 Å². The van der Waals surface area contributed by atoms with Crippen molar-refractivity contribution < 1.29 is 15.0 Å². The van der Waals surface area contributed by atoms with E-state index in [1.807, 2.05) is 0 Å². The molecule has 1 aromatic carbocycles. The first-order valence-electron chi connectivity index (χ1n) is 4.53. The molecule has 0 spiro atoms. The Morgan fingerprint density at radius 3 is 2.60 bits per heavy atom. The second kappa shape index (κ2) is 4.77. The van der Waals surface area contributed by atoms with Gasteiger partial charge >= 0.3 is 5.97 Å². The third kappa shape index (κ3) is 2.93. The Hall–Kier alpha value is -1.59. The molecule has 0 bridgehead atoms. The van der Waals surface area contributed by atoms with E-state index in [4.69, 9.17) is 16.6 Å². The number of carbonyl (C=O) groups is 1. The van der Waals surface area contributed by atoms with Crippen LogP contribution in [-0.4, -0.2) is 22.7 Å². The molecule has 0 saturated carbocycles. The zero-order valence-corrected chi connectivity index (χ0v) is 8.18. The van der Waals surface area contributed by atoms with Crippen LogP contribution in [0.15, 0.2) is 18.2 Å². The molecule has 0 saturated heterocycles. The van der Waals surface area contributed by atoms with Crippen molar-refractivity contribution in [3.05, 3.63) is 29.3 Å². The molecule has 1 rings (SSSR count). The Labute approximate surface area is 87.3 Å². The van der Waals surface area contributed by atoms with Crippen molar-refractivity contribution in [3.63, 3.8) is 0 Å². The number of phenols is 1. The molecule has 1 atom stereocenters. The second-order valence-electron chi connectivity index (χ2n) is 3.31. The first-order valence-corrected chi connectivity index (χ1v) is 4.53. The first kappa shape index (κ1) is 11.5. The van der Waals surface area contributed by atoms with Crippen LogP contribution in [0.5, 0.6) is 5.75 Å². The normalized spacial score (nSPS) is 12.4. The van der Waals surface area contributed by atoms with Gasteiger partial charge < -0.3 is 21.7 Å². The van der Waals surface area contributed by atoms with Crippen LogP contribution in [-0.2, 0) is 11.2 Å². The monoisotopic (exact) mass is 210 g/mol. The van der Waals surface area contributed by atoms with Crippen LogP contribution >= 0.6 is 0 Å². The van der Waals surface area contributed by atoms with E-state index >= 15 is 0 Å². The molecule has 0 amide bonds. The Morgan fingerprint density at radius 1 is 1.47 bits per heavy atom. The molecular weight excluding hydrogens is 196 g/mol. The molecule has 0 aliphatic heterocycles. The molecule has 15 heavy (non-hydrogen) atoms. The second-order valence-corrected chi connectivity index (χ2v) is 3.31. The molecule has 6 N–H and O–H groups in total. The fourth-order valence-corrected chi connectivity index (χ4v) is 1.31. The van der Waals surface area contributed by atoms with Gasteiger partial charge in [0.05, 0.1) is 6.42 Å². The number of rotatable bonds is 4. The van der Waals surface area contributed by atoms with Gasteiger partial charge in [-0.05, 0) is 11.6 Å². The van der Waals surface area contributed by atoms with Gasteiger partial charge in [0.2, 0.25) is 0 Å². The van der Waals surface area contributed by atoms with Crippen molar-refractivity contribution in [2.45, 2.75) is 12.5 Å². The summed E-state index contributed by atoms with van der Waals surface area (Å²) in [6, 6.07) is 4.20. The number of hydrogen-bond donors (Lipinski definition) is 4. The SMILES string of the molecule is NC[C@@H](N)c1ccc(CC(=O)O)cc1O. The minimum atomic E-state index is -0.940. The zero-order valence-electron chi connectivity index (χ0n) is 8.18. The molecule has 5 heteroatoms.